The largest absolute Gasteiger partial charge is 0.478 e. The van der Waals surface area contributed by atoms with E-state index in [0.29, 0.717) is 5.69 Å². The lowest BCUT2D eigenvalue weighted by molar-refractivity contribution is -0.127. The number of carbonyl (C=O) groups is 3. The molecule has 6 heteroatoms. The summed E-state index contributed by atoms with van der Waals surface area (Å²) < 4.78 is 0. The van der Waals surface area contributed by atoms with E-state index in [-0.39, 0.29) is 23.3 Å². The van der Waals surface area contributed by atoms with E-state index in [2.05, 4.69) is 5.32 Å². The predicted molar refractivity (Wildman–Crippen MR) is 79.3 cm³/mol. The lowest BCUT2D eigenvalue weighted by Gasteiger charge is -2.27. The van der Waals surface area contributed by atoms with Crippen molar-refractivity contribution in [1.29, 1.82) is 0 Å². The van der Waals surface area contributed by atoms with Gasteiger partial charge in [-0.2, -0.15) is 0 Å². The molecule has 0 saturated heterocycles. The number of benzene rings is 1. The molecule has 6 nitrogen and oxygen atoms in total. The number of carboxylic acids is 1. The minimum atomic E-state index is -1.11. The zero-order chi connectivity index (χ0) is 16.2. The zero-order valence-corrected chi connectivity index (χ0v) is 12.6. The first kappa shape index (κ1) is 16.7. The van der Waals surface area contributed by atoms with E-state index in [1.54, 1.807) is 18.2 Å². The molecule has 0 radical (unpaired) electrons. The number of carboxylic acid groups (broad SMARTS) is 1. The van der Waals surface area contributed by atoms with E-state index >= 15 is 0 Å². The van der Waals surface area contributed by atoms with Crippen LogP contribution in [-0.4, -0.2) is 36.0 Å². The van der Waals surface area contributed by atoms with Gasteiger partial charge in [0.2, 0.25) is 11.8 Å². The second-order valence-corrected chi connectivity index (χ2v) is 5.14. The predicted octanol–water partition coefficient (Wildman–Crippen LogP) is 1.51. The van der Waals surface area contributed by atoms with Gasteiger partial charge in [0.05, 0.1) is 11.3 Å². The molecular weight excluding hydrogens is 272 g/mol. The van der Waals surface area contributed by atoms with Gasteiger partial charge in [-0.15, -0.1) is 0 Å². The molecule has 0 aromatic heterocycles. The summed E-state index contributed by atoms with van der Waals surface area (Å²) in [6.07, 6.45) is 0. The van der Waals surface area contributed by atoms with Crippen molar-refractivity contribution in [2.45, 2.75) is 26.8 Å². The highest BCUT2D eigenvalue weighted by Crippen LogP contribution is 2.21. The highest BCUT2D eigenvalue weighted by atomic mass is 16.4. The van der Waals surface area contributed by atoms with Crippen molar-refractivity contribution in [3.8, 4) is 0 Å². The Morgan fingerprint density at radius 1 is 1.19 bits per heavy atom. The minimum absolute atomic E-state index is 0.0404. The van der Waals surface area contributed by atoms with Crippen LogP contribution in [0.3, 0.4) is 0 Å². The molecule has 114 valence electrons. The molecule has 0 aliphatic carbocycles. The molecule has 1 rings (SSSR count). The number of carbonyl (C=O) groups excluding carboxylic acids is 2. The van der Waals surface area contributed by atoms with Gasteiger partial charge in [0.1, 0.15) is 6.04 Å². The maximum atomic E-state index is 12.5. The van der Waals surface area contributed by atoms with Crippen molar-refractivity contribution in [3.63, 3.8) is 0 Å². The van der Waals surface area contributed by atoms with Gasteiger partial charge in [0, 0.05) is 14.0 Å². The molecule has 2 N–H and O–H groups in total. The lowest BCUT2D eigenvalue weighted by Crippen LogP contribution is -2.50. The number of nitrogens with zero attached hydrogens (tertiary/aromatic N) is 1. The van der Waals surface area contributed by atoms with E-state index < -0.39 is 12.0 Å². The fourth-order valence-corrected chi connectivity index (χ4v) is 2.01. The summed E-state index contributed by atoms with van der Waals surface area (Å²) in [7, 11) is 1.50. The number of rotatable bonds is 5. The third-order valence-electron chi connectivity index (χ3n) is 3.12. The Labute approximate surface area is 123 Å². The van der Waals surface area contributed by atoms with E-state index in [9.17, 15) is 19.5 Å². The molecule has 1 aromatic carbocycles. The Balaban J connectivity index is 3.11. The quantitative estimate of drug-likeness (QED) is 0.861. The minimum Gasteiger partial charge on any atom is -0.478 e. The van der Waals surface area contributed by atoms with Crippen molar-refractivity contribution in [2.75, 3.05) is 11.9 Å². The van der Waals surface area contributed by atoms with E-state index in [1.807, 2.05) is 13.8 Å². The standard InChI is InChI=1S/C15H20N2O4/c1-9(2)13(16-10(3)18)14(19)17(4)12-8-6-5-7-11(12)15(20)21/h5-9,13H,1-4H3,(H,16,18)(H,20,21). The number of likely N-dealkylation sites (N-methyl/N-ethyl adjacent to an activating group) is 1. The van der Waals surface area contributed by atoms with Crippen LogP contribution in [0.15, 0.2) is 24.3 Å². The molecular formula is C15H20N2O4. The molecule has 0 saturated carbocycles. The number of nitrogens with one attached hydrogen (secondary N) is 1. The Bertz CT molecular complexity index is 554. The smallest absolute Gasteiger partial charge is 0.337 e. The SMILES string of the molecule is CC(=O)NC(C(=O)N(C)c1ccccc1C(=O)O)C(C)C. The van der Waals surface area contributed by atoms with Gasteiger partial charge in [-0.1, -0.05) is 26.0 Å². The summed E-state index contributed by atoms with van der Waals surface area (Å²) >= 11 is 0. The monoisotopic (exact) mass is 292 g/mol. The number of anilines is 1. The normalized spacial score (nSPS) is 11.9. The fraction of sp³-hybridized carbons (Fsp3) is 0.400. The molecule has 1 aromatic rings. The van der Waals surface area contributed by atoms with E-state index in [1.165, 1.54) is 24.9 Å². The second kappa shape index (κ2) is 6.88. The van der Waals surface area contributed by atoms with Crippen LogP contribution < -0.4 is 10.2 Å². The molecule has 1 atom stereocenters. The van der Waals surface area contributed by atoms with Gasteiger partial charge in [-0.05, 0) is 18.1 Å². The summed E-state index contributed by atoms with van der Waals surface area (Å²) in [4.78, 5) is 36.2. The van der Waals surface area contributed by atoms with Gasteiger partial charge >= 0.3 is 5.97 Å². The Hall–Kier alpha value is -2.37. The van der Waals surface area contributed by atoms with Gasteiger partial charge in [0.15, 0.2) is 0 Å². The molecule has 21 heavy (non-hydrogen) atoms. The van der Waals surface area contributed by atoms with Crippen LogP contribution >= 0.6 is 0 Å². The molecule has 0 aliphatic rings. The molecule has 0 aliphatic heterocycles. The zero-order valence-electron chi connectivity index (χ0n) is 12.6. The number of hydrogen-bond donors (Lipinski definition) is 2. The number of amides is 2. The highest BCUT2D eigenvalue weighted by molar-refractivity contribution is 6.04. The molecule has 2 amide bonds. The second-order valence-electron chi connectivity index (χ2n) is 5.14. The van der Waals surface area contributed by atoms with Crippen molar-refractivity contribution >= 4 is 23.5 Å². The first-order valence-electron chi connectivity index (χ1n) is 6.62. The summed E-state index contributed by atoms with van der Waals surface area (Å²) in [5.41, 5.74) is 0.338. The van der Waals surface area contributed by atoms with E-state index in [0.717, 1.165) is 0 Å². The van der Waals surface area contributed by atoms with Crippen LogP contribution in [0, 0.1) is 5.92 Å². The summed E-state index contributed by atoms with van der Waals surface area (Å²) in [6, 6.07) is 5.55. The maximum absolute atomic E-state index is 12.5. The van der Waals surface area contributed by atoms with Gasteiger partial charge in [-0.25, -0.2) is 4.79 Å². The van der Waals surface area contributed by atoms with Crippen LogP contribution in [0.5, 0.6) is 0 Å². The molecule has 0 bridgehead atoms. The van der Waals surface area contributed by atoms with Crippen LogP contribution in [0.2, 0.25) is 0 Å². The van der Waals surface area contributed by atoms with Crippen molar-refractivity contribution in [2.24, 2.45) is 5.92 Å². The third-order valence-corrected chi connectivity index (χ3v) is 3.12. The van der Waals surface area contributed by atoms with Crippen LogP contribution in [0.1, 0.15) is 31.1 Å². The third kappa shape index (κ3) is 4.05. The van der Waals surface area contributed by atoms with Crippen LogP contribution in [0.4, 0.5) is 5.69 Å². The number of hydrogen-bond acceptors (Lipinski definition) is 3. The first-order valence-corrected chi connectivity index (χ1v) is 6.62. The summed E-state index contributed by atoms with van der Waals surface area (Å²) in [5.74, 6) is -1.87. The molecule has 0 heterocycles. The Kier molecular flexibility index (Phi) is 5.46. The van der Waals surface area contributed by atoms with E-state index in [4.69, 9.17) is 0 Å². The Morgan fingerprint density at radius 2 is 1.76 bits per heavy atom. The van der Waals surface area contributed by atoms with Gasteiger partial charge in [0.25, 0.3) is 0 Å². The molecule has 1 unspecified atom stereocenters. The van der Waals surface area contributed by atoms with Crippen molar-refractivity contribution < 1.29 is 19.5 Å². The van der Waals surface area contributed by atoms with Gasteiger partial charge in [-0.3, -0.25) is 9.59 Å². The first-order chi connectivity index (χ1) is 9.75. The summed E-state index contributed by atoms with van der Waals surface area (Å²) in [5, 5.41) is 11.8. The highest BCUT2D eigenvalue weighted by Gasteiger charge is 2.28. The Morgan fingerprint density at radius 3 is 2.24 bits per heavy atom. The average Bonchev–Trinajstić information content (AvgIpc) is 2.42. The number of aromatic carboxylic acids is 1. The topological polar surface area (TPSA) is 86.7 Å². The summed E-state index contributed by atoms with van der Waals surface area (Å²) in [6.45, 7) is 4.97. The lowest BCUT2D eigenvalue weighted by atomic mass is 10.0. The van der Waals surface area contributed by atoms with Crippen LogP contribution in [0.25, 0.3) is 0 Å². The fourth-order valence-electron chi connectivity index (χ4n) is 2.01. The molecule has 0 spiro atoms. The molecule has 0 fully saturated rings. The van der Waals surface area contributed by atoms with Crippen molar-refractivity contribution in [1.82, 2.24) is 5.32 Å². The van der Waals surface area contributed by atoms with Crippen LogP contribution in [-0.2, 0) is 9.59 Å². The van der Waals surface area contributed by atoms with Crippen molar-refractivity contribution in [3.05, 3.63) is 29.8 Å². The maximum Gasteiger partial charge on any atom is 0.337 e. The van der Waals surface area contributed by atoms with Gasteiger partial charge < -0.3 is 15.3 Å². The number of para-hydroxylation sites is 1. The average molecular weight is 292 g/mol.